The van der Waals surface area contributed by atoms with Crippen LogP contribution in [0.5, 0.6) is 11.5 Å². The molecule has 0 spiro atoms. The normalized spacial score (nSPS) is 12.5. The zero-order valence-electron chi connectivity index (χ0n) is 21.6. The Hall–Kier alpha value is -3.52. The summed E-state index contributed by atoms with van der Waals surface area (Å²) in [4.78, 5) is 13.2. The van der Waals surface area contributed by atoms with E-state index < -0.39 is 22.5 Å². The number of amides is 1. The highest BCUT2D eigenvalue weighted by Crippen LogP contribution is 2.32. The zero-order chi connectivity index (χ0) is 26.5. The maximum absolute atomic E-state index is 13.7. The lowest BCUT2D eigenvalue weighted by molar-refractivity contribution is -0.120. The van der Waals surface area contributed by atoms with Crippen LogP contribution in [0.3, 0.4) is 0 Å². The summed E-state index contributed by atoms with van der Waals surface area (Å²) in [5.41, 5.74) is 2.42. The van der Waals surface area contributed by atoms with Gasteiger partial charge in [0.2, 0.25) is 5.91 Å². The lowest BCUT2D eigenvalue weighted by Crippen LogP contribution is -2.41. The molecule has 1 amide bonds. The molecule has 192 valence electrons. The highest BCUT2D eigenvalue weighted by molar-refractivity contribution is 7.92. The van der Waals surface area contributed by atoms with Crippen molar-refractivity contribution in [2.24, 2.45) is 0 Å². The molecule has 7 nitrogen and oxygen atoms in total. The van der Waals surface area contributed by atoms with Crippen LogP contribution in [0.2, 0.25) is 0 Å². The van der Waals surface area contributed by atoms with Gasteiger partial charge in [0.25, 0.3) is 10.0 Å². The van der Waals surface area contributed by atoms with E-state index in [2.05, 4.69) is 26.1 Å². The van der Waals surface area contributed by atoms with E-state index in [9.17, 15) is 13.2 Å². The SMILES string of the molecule is COc1ccc(S(=O)(=O)N(CC(=O)N[C@H](C)c2ccc(C(C)(C)C)cc2)c2ccccc2OC)cc1. The maximum Gasteiger partial charge on any atom is 0.264 e. The third-order valence-electron chi connectivity index (χ3n) is 5.94. The summed E-state index contributed by atoms with van der Waals surface area (Å²) in [5.74, 6) is 0.431. The minimum atomic E-state index is -4.09. The molecule has 0 aromatic heterocycles. The highest BCUT2D eigenvalue weighted by atomic mass is 32.2. The Morgan fingerprint density at radius 1 is 0.917 bits per heavy atom. The van der Waals surface area contributed by atoms with Gasteiger partial charge in [0.05, 0.1) is 30.8 Å². The van der Waals surface area contributed by atoms with Crippen LogP contribution in [-0.2, 0) is 20.2 Å². The summed E-state index contributed by atoms with van der Waals surface area (Å²) in [6.45, 7) is 7.88. The average Bonchev–Trinajstić information content (AvgIpc) is 2.86. The van der Waals surface area contributed by atoms with Crippen molar-refractivity contribution >= 4 is 21.6 Å². The summed E-state index contributed by atoms with van der Waals surface area (Å²) >= 11 is 0. The van der Waals surface area contributed by atoms with Crippen molar-refractivity contribution in [3.05, 3.63) is 83.9 Å². The molecule has 0 heterocycles. The molecule has 0 radical (unpaired) electrons. The van der Waals surface area contributed by atoms with Crippen LogP contribution in [0, 0.1) is 0 Å². The quantitative estimate of drug-likeness (QED) is 0.434. The van der Waals surface area contributed by atoms with Gasteiger partial charge < -0.3 is 14.8 Å². The first-order chi connectivity index (χ1) is 17.0. The van der Waals surface area contributed by atoms with E-state index in [4.69, 9.17) is 9.47 Å². The fraction of sp³-hybridized carbons (Fsp3) is 0.321. The van der Waals surface area contributed by atoms with Crippen molar-refractivity contribution in [2.75, 3.05) is 25.1 Å². The fourth-order valence-electron chi connectivity index (χ4n) is 3.78. The monoisotopic (exact) mass is 510 g/mol. The van der Waals surface area contributed by atoms with Gasteiger partial charge in [-0.05, 0) is 59.9 Å². The molecule has 0 saturated carbocycles. The van der Waals surface area contributed by atoms with E-state index in [-0.39, 0.29) is 22.0 Å². The van der Waals surface area contributed by atoms with Crippen molar-refractivity contribution in [2.45, 2.75) is 44.0 Å². The number of nitrogens with one attached hydrogen (secondary N) is 1. The van der Waals surface area contributed by atoms with Crippen LogP contribution in [0.25, 0.3) is 0 Å². The Morgan fingerprint density at radius 3 is 2.08 bits per heavy atom. The number of carbonyl (C=O) groups is 1. The highest BCUT2D eigenvalue weighted by Gasteiger charge is 2.30. The predicted molar refractivity (Wildman–Crippen MR) is 142 cm³/mol. The van der Waals surface area contributed by atoms with Gasteiger partial charge in [-0.15, -0.1) is 0 Å². The molecule has 1 N–H and O–H groups in total. The number of hydrogen-bond donors (Lipinski definition) is 1. The van der Waals surface area contributed by atoms with E-state index in [1.54, 1.807) is 36.4 Å². The van der Waals surface area contributed by atoms with Gasteiger partial charge in [-0.3, -0.25) is 9.10 Å². The first-order valence-corrected chi connectivity index (χ1v) is 13.1. The van der Waals surface area contributed by atoms with Crippen LogP contribution in [0.1, 0.15) is 44.9 Å². The number of carbonyl (C=O) groups excluding carboxylic acids is 1. The Labute approximate surface area is 214 Å². The second-order valence-electron chi connectivity index (χ2n) is 9.52. The number of sulfonamides is 1. The van der Waals surface area contributed by atoms with Crippen molar-refractivity contribution in [1.29, 1.82) is 0 Å². The Bertz CT molecular complexity index is 1280. The smallest absolute Gasteiger partial charge is 0.264 e. The number of anilines is 1. The maximum atomic E-state index is 13.7. The molecular weight excluding hydrogens is 476 g/mol. The number of nitrogens with zero attached hydrogens (tertiary/aromatic N) is 1. The third kappa shape index (κ3) is 6.18. The van der Waals surface area contributed by atoms with Gasteiger partial charge in [-0.1, -0.05) is 57.2 Å². The van der Waals surface area contributed by atoms with Crippen molar-refractivity contribution in [3.8, 4) is 11.5 Å². The van der Waals surface area contributed by atoms with Crippen LogP contribution >= 0.6 is 0 Å². The zero-order valence-corrected chi connectivity index (χ0v) is 22.4. The van der Waals surface area contributed by atoms with Crippen LogP contribution in [0.4, 0.5) is 5.69 Å². The first-order valence-electron chi connectivity index (χ1n) is 11.7. The summed E-state index contributed by atoms with van der Waals surface area (Å²) in [7, 11) is -1.13. The predicted octanol–water partition coefficient (Wildman–Crippen LogP) is 5.07. The Morgan fingerprint density at radius 2 is 1.53 bits per heavy atom. The molecule has 3 aromatic rings. The van der Waals surface area contributed by atoms with Crippen molar-refractivity contribution < 1.29 is 22.7 Å². The molecule has 0 bridgehead atoms. The summed E-state index contributed by atoms with van der Waals surface area (Å²) in [5, 5.41) is 2.93. The number of para-hydroxylation sites is 2. The number of methoxy groups -OCH3 is 2. The largest absolute Gasteiger partial charge is 0.497 e. The van der Waals surface area contributed by atoms with E-state index in [1.807, 2.05) is 31.2 Å². The topological polar surface area (TPSA) is 84.9 Å². The fourth-order valence-corrected chi connectivity index (χ4v) is 5.21. The Kier molecular flexibility index (Phi) is 8.30. The molecule has 0 aliphatic rings. The summed E-state index contributed by atoms with van der Waals surface area (Å²) in [6.07, 6.45) is 0. The molecule has 0 saturated heterocycles. The number of hydrogen-bond acceptors (Lipinski definition) is 5. The molecular formula is C28H34N2O5S. The first kappa shape index (κ1) is 27.1. The second kappa shape index (κ2) is 11.0. The van der Waals surface area contributed by atoms with Crippen LogP contribution < -0.4 is 19.1 Å². The minimum Gasteiger partial charge on any atom is -0.497 e. The van der Waals surface area contributed by atoms with E-state index >= 15 is 0 Å². The standard InChI is InChI=1S/C28H34N2O5S/c1-20(21-11-13-22(14-12-21)28(2,3)4)29-27(31)19-30(25-9-7-8-10-26(25)35-6)36(32,33)24-17-15-23(34-5)16-18-24/h7-18,20H,19H2,1-6H3,(H,29,31)/t20-/m1/s1. The van der Waals surface area contributed by atoms with Gasteiger partial charge in [-0.2, -0.15) is 0 Å². The number of benzene rings is 3. The average molecular weight is 511 g/mol. The van der Waals surface area contributed by atoms with Crippen LogP contribution in [0.15, 0.2) is 77.7 Å². The van der Waals surface area contributed by atoms with Gasteiger partial charge >= 0.3 is 0 Å². The lowest BCUT2D eigenvalue weighted by Gasteiger charge is -2.26. The van der Waals surface area contributed by atoms with Crippen molar-refractivity contribution in [3.63, 3.8) is 0 Å². The molecule has 0 aliphatic carbocycles. The van der Waals surface area contributed by atoms with E-state index in [1.165, 1.54) is 31.9 Å². The van der Waals surface area contributed by atoms with E-state index in [0.717, 1.165) is 9.87 Å². The van der Waals surface area contributed by atoms with Crippen LogP contribution in [-0.4, -0.2) is 35.1 Å². The molecule has 3 aromatic carbocycles. The molecule has 0 fully saturated rings. The molecule has 0 unspecified atom stereocenters. The third-order valence-corrected chi connectivity index (χ3v) is 7.72. The number of rotatable bonds is 9. The molecule has 3 rings (SSSR count). The second-order valence-corrected chi connectivity index (χ2v) is 11.4. The minimum absolute atomic E-state index is 0.0239. The van der Waals surface area contributed by atoms with Crippen molar-refractivity contribution in [1.82, 2.24) is 5.32 Å². The molecule has 36 heavy (non-hydrogen) atoms. The molecule has 1 atom stereocenters. The summed E-state index contributed by atoms with van der Waals surface area (Å²) < 4.78 is 39.0. The Balaban J connectivity index is 1.89. The summed E-state index contributed by atoms with van der Waals surface area (Å²) in [6, 6.07) is 20.5. The van der Waals surface area contributed by atoms with Gasteiger partial charge in [-0.25, -0.2) is 8.42 Å². The van der Waals surface area contributed by atoms with Gasteiger partial charge in [0.1, 0.15) is 18.0 Å². The number of ether oxygens (including phenoxy) is 2. The lowest BCUT2D eigenvalue weighted by atomic mass is 9.86. The van der Waals surface area contributed by atoms with Gasteiger partial charge in [0.15, 0.2) is 0 Å². The molecule has 0 aliphatic heterocycles. The molecule has 8 heteroatoms. The van der Waals surface area contributed by atoms with Gasteiger partial charge in [0, 0.05) is 0 Å². The van der Waals surface area contributed by atoms with E-state index in [0.29, 0.717) is 11.5 Å².